The molecule has 0 unspecified atom stereocenters. The maximum atomic E-state index is 13.0. The molecule has 200 valence electrons. The molecule has 0 saturated heterocycles. The molecule has 12 nitrogen and oxygen atoms in total. The first-order chi connectivity index (χ1) is 17.5. The number of aromatic nitrogens is 4. The highest BCUT2D eigenvalue weighted by Gasteiger charge is 2.23. The zero-order valence-corrected chi connectivity index (χ0v) is 23.6. The first-order valence-corrected chi connectivity index (χ1v) is 15.3. The van der Waals surface area contributed by atoms with Crippen molar-refractivity contribution in [2.24, 2.45) is 0 Å². The maximum absolute atomic E-state index is 13.0. The number of rotatable bonds is 12. The lowest BCUT2D eigenvalue weighted by Gasteiger charge is -2.16. The number of nitrogens with one attached hydrogen (secondary N) is 2. The Balaban J connectivity index is 1.74. The van der Waals surface area contributed by atoms with Crippen molar-refractivity contribution in [3.8, 4) is 23.6 Å². The fourth-order valence-corrected chi connectivity index (χ4v) is 4.04. The van der Waals surface area contributed by atoms with Crippen LogP contribution in [0.15, 0.2) is 22.7 Å². The second kappa shape index (κ2) is 12.0. The predicted octanol–water partition coefficient (Wildman–Crippen LogP) is 3.14. The number of anilines is 2. The second-order valence-electron chi connectivity index (χ2n) is 9.60. The number of nitrogens with zero attached hydrogens (tertiary/aromatic N) is 5. The third-order valence-electron chi connectivity index (χ3n) is 5.22. The van der Waals surface area contributed by atoms with E-state index < -0.39 is 14.0 Å². The summed E-state index contributed by atoms with van der Waals surface area (Å²) in [5.74, 6) is 0.530. The van der Waals surface area contributed by atoms with Gasteiger partial charge in [0.05, 0.1) is 19.9 Å². The maximum Gasteiger partial charge on any atom is 0.291 e. The van der Waals surface area contributed by atoms with Crippen LogP contribution in [0, 0.1) is 6.92 Å². The van der Waals surface area contributed by atoms with E-state index in [1.165, 1.54) is 20.3 Å². The predicted molar refractivity (Wildman–Crippen MR) is 143 cm³/mol. The molecule has 0 aliphatic heterocycles. The number of carbonyl (C=O) groups excluding carboxylic acids is 1. The molecule has 37 heavy (non-hydrogen) atoms. The minimum absolute atomic E-state index is 0.0111. The molecule has 0 aliphatic rings. The summed E-state index contributed by atoms with van der Waals surface area (Å²) < 4.78 is 22.2. The second-order valence-corrected chi connectivity index (χ2v) is 14.6. The van der Waals surface area contributed by atoms with Gasteiger partial charge in [-0.15, -0.1) is 0 Å². The molecule has 3 rings (SSSR count). The Morgan fingerprint density at radius 3 is 2.32 bits per heavy atom. The molecule has 3 aromatic rings. The Labute approximate surface area is 217 Å². The monoisotopic (exact) mass is 529 g/mol. The summed E-state index contributed by atoms with van der Waals surface area (Å²) in [7, 11) is 5.23. The number of amides is 1. The van der Waals surface area contributed by atoms with Crippen LogP contribution in [0.3, 0.4) is 0 Å². The summed E-state index contributed by atoms with van der Waals surface area (Å²) in [5.41, 5.74) is 0.795. The Morgan fingerprint density at radius 2 is 1.73 bits per heavy atom. The Morgan fingerprint density at radius 1 is 1.05 bits per heavy atom. The normalized spacial score (nSPS) is 11.4. The van der Waals surface area contributed by atoms with Gasteiger partial charge in [-0.2, -0.15) is 9.97 Å². The zero-order chi connectivity index (χ0) is 27.2. The van der Waals surface area contributed by atoms with Gasteiger partial charge in [-0.3, -0.25) is 9.78 Å². The first kappa shape index (κ1) is 27.9. The van der Waals surface area contributed by atoms with Gasteiger partial charge in [0.25, 0.3) is 11.9 Å². The molecule has 1 amide bonds. The lowest BCUT2D eigenvalue weighted by atomic mass is 10.4. The Kier molecular flexibility index (Phi) is 9.05. The van der Waals surface area contributed by atoms with Crippen molar-refractivity contribution < 1.29 is 23.4 Å². The molecular formula is C24H35N7O5Si. The van der Waals surface area contributed by atoms with E-state index in [2.05, 4.69) is 55.1 Å². The van der Waals surface area contributed by atoms with Gasteiger partial charge in [-0.25, -0.2) is 4.98 Å². The van der Waals surface area contributed by atoms with Crippen LogP contribution in [-0.4, -0.2) is 80.2 Å². The van der Waals surface area contributed by atoms with E-state index in [0.717, 1.165) is 18.3 Å². The van der Waals surface area contributed by atoms with E-state index in [4.69, 9.17) is 18.6 Å². The Hall–Kier alpha value is -3.71. The van der Waals surface area contributed by atoms with Crippen molar-refractivity contribution in [2.75, 3.05) is 52.0 Å². The number of hydrogen-bond donors (Lipinski definition) is 2. The average Bonchev–Trinajstić information content (AvgIpc) is 3.31. The first-order valence-electron chi connectivity index (χ1n) is 11.8. The number of ether oxygens (including phenoxy) is 3. The van der Waals surface area contributed by atoms with Crippen LogP contribution in [0.5, 0.6) is 23.6 Å². The summed E-state index contributed by atoms with van der Waals surface area (Å²) in [6.07, 6.45) is 2.68. The van der Waals surface area contributed by atoms with Crippen molar-refractivity contribution >= 4 is 30.9 Å². The topological polar surface area (TPSA) is 137 Å². The van der Waals surface area contributed by atoms with Crippen LogP contribution in [-0.2, 0) is 0 Å². The van der Waals surface area contributed by atoms with Crippen molar-refractivity contribution in [1.29, 1.82) is 0 Å². The number of furan rings is 1. The standard InChI is InChI=1S/C24H35N7O5Si/c1-15-21(27-17(14-26-15)37(6,7)8)36-18-11-10-16(35-18)20(32)28-19-22(33-4)29-24(30-23(19)34-5)25-12-9-13-31(2)3/h10-11,14H,9,12-13H2,1-8H3,(H,28,32)(H,25,29,30). The van der Waals surface area contributed by atoms with Crippen molar-refractivity contribution in [3.63, 3.8) is 0 Å². The van der Waals surface area contributed by atoms with E-state index in [1.54, 1.807) is 19.2 Å². The summed E-state index contributed by atoms with van der Waals surface area (Å²) in [5, 5.41) is 6.75. The Bertz CT molecular complexity index is 1200. The third kappa shape index (κ3) is 7.39. The highest BCUT2D eigenvalue weighted by Crippen LogP contribution is 2.33. The van der Waals surface area contributed by atoms with Gasteiger partial charge >= 0.3 is 0 Å². The van der Waals surface area contributed by atoms with E-state index in [-0.39, 0.29) is 29.2 Å². The van der Waals surface area contributed by atoms with Gasteiger partial charge < -0.3 is 34.2 Å². The molecule has 0 aliphatic carbocycles. The molecule has 0 bridgehead atoms. The largest absolute Gasteiger partial charge is 0.479 e. The number of methoxy groups -OCH3 is 2. The molecule has 13 heteroatoms. The van der Waals surface area contributed by atoms with E-state index in [9.17, 15) is 4.79 Å². The molecule has 3 aromatic heterocycles. The summed E-state index contributed by atoms with van der Waals surface area (Å²) in [6.45, 7) is 9.89. The van der Waals surface area contributed by atoms with E-state index >= 15 is 0 Å². The lowest BCUT2D eigenvalue weighted by molar-refractivity contribution is 0.0990. The van der Waals surface area contributed by atoms with Crippen LogP contribution in [0.2, 0.25) is 19.6 Å². The summed E-state index contributed by atoms with van der Waals surface area (Å²) in [4.78, 5) is 32.7. The van der Waals surface area contributed by atoms with Gasteiger partial charge in [0.2, 0.25) is 23.6 Å². The van der Waals surface area contributed by atoms with Crippen molar-refractivity contribution in [3.05, 3.63) is 29.8 Å². The number of carbonyl (C=O) groups is 1. The zero-order valence-electron chi connectivity index (χ0n) is 22.6. The molecule has 3 heterocycles. The number of hydrogen-bond acceptors (Lipinski definition) is 11. The molecule has 0 spiro atoms. The minimum Gasteiger partial charge on any atom is -0.479 e. The molecule has 2 N–H and O–H groups in total. The smallest absolute Gasteiger partial charge is 0.291 e. The molecular weight excluding hydrogens is 494 g/mol. The average molecular weight is 530 g/mol. The van der Waals surface area contributed by atoms with Gasteiger partial charge in [0.1, 0.15) is 8.07 Å². The fourth-order valence-electron chi connectivity index (χ4n) is 3.16. The van der Waals surface area contributed by atoms with Gasteiger partial charge in [-0.1, -0.05) is 19.6 Å². The van der Waals surface area contributed by atoms with Crippen LogP contribution < -0.4 is 30.2 Å². The minimum atomic E-state index is -1.69. The molecule has 0 aromatic carbocycles. The molecule has 0 atom stereocenters. The highest BCUT2D eigenvalue weighted by atomic mass is 28.3. The summed E-state index contributed by atoms with van der Waals surface area (Å²) in [6, 6.07) is 3.04. The van der Waals surface area contributed by atoms with Crippen molar-refractivity contribution in [1.82, 2.24) is 24.8 Å². The molecule has 0 saturated carbocycles. The van der Waals surface area contributed by atoms with Crippen LogP contribution in [0.1, 0.15) is 22.7 Å². The van der Waals surface area contributed by atoms with Gasteiger partial charge in [0.15, 0.2) is 11.4 Å². The van der Waals surface area contributed by atoms with E-state index in [0.29, 0.717) is 24.1 Å². The quantitative estimate of drug-likeness (QED) is 0.264. The van der Waals surface area contributed by atoms with Crippen LogP contribution in [0.25, 0.3) is 0 Å². The van der Waals surface area contributed by atoms with Crippen molar-refractivity contribution in [2.45, 2.75) is 33.0 Å². The van der Waals surface area contributed by atoms with E-state index in [1.807, 2.05) is 14.1 Å². The van der Waals surface area contributed by atoms with Crippen LogP contribution >= 0.6 is 0 Å². The number of aryl methyl sites for hydroxylation is 1. The third-order valence-corrected chi connectivity index (χ3v) is 6.99. The molecule has 0 radical (unpaired) electrons. The van der Waals surface area contributed by atoms with Gasteiger partial charge in [-0.05, 0) is 40.1 Å². The summed E-state index contributed by atoms with van der Waals surface area (Å²) >= 11 is 0. The molecule has 0 fully saturated rings. The SMILES string of the molecule is COc1nc(NCCCN(C)C)nc(OC)c1NC(=O)c1ccc(Oc2nc([Si](C)(C)C)cnc2C)o1. The van der Waals surface area contributed by atoms with Gasteiger partial charge in [0, 0.05) is 24.1 Å². The van der Waals surface area contributed by atoms with Crippen LogP contribution in [0.4, 0.5) is 11.6 Å². The lowest BCUT2D eigenvalue weighted by Crippen LogP contribution is -2.40. The fraction of sp³-hybridized carbons (Fsp3) is 0.458. The highest BCUT2D eigenvalue weighted by molar-refractivity contribution is 6.88.